The van der Waals surface area contributed by atoms with Crippen LogP contribution in [0.1, 0.15) is 12.8 Å². The fraction of sp³-hybridized carbons (Fsp3) is 0.250. The van der Waals surface area contributed by atoms with Crippen molar-refractivity contribution in [2.75, 3.05) is 0 Å². The minimum absolute atomic E-state index is 0.880. The molecule has 0 aliphatic rings. The van der Waals surface area contributed by atoms with Crippen LogP contribution in [0.25, 0.3) is 0 Å². The first-order chi connectivity index (χ1) is 3.91. The van der Waals surface area contributed by atoms with Crippen LogP contribution in [0.2, 0.25) is 0 Å². The Bertz CT molecular complexity index is 78.0. The highest BCUT2D eigenvalue weighted by Crippen LogP contribution is 1.86. The van der Waals surface area contributed by atoms with Gasteiger partial charge >= 0.3 is 0 Å². The van der Waals surface area contributed by atoms with Gasteiger partial charge in [0.15, 0.2) is 0 Å². The Hall–Kier alpha value is -0.520. The topological polar surface area (TPSA) is 0 Å². The van der Waals surface area contributed by atoms with Crippen LogP contribution in [-0.2, 0) is 0 Å². The van der Waals surface area contributed by atoms with Crippen LogP contribution >= 0.6 is 0 Å². The SMILES string of the molecule is [CH2]C=CCC=CC[CH2]. The van der Waals surface area contributed by atoms with Gasteiger partial charge in [-0.1, -0.05) is 24.3 Å². The van der Waals surface area contributed by atoms with Gasteiger partial charge in [-0.05, 0) is 26.7 Å². The number of rotatable bonds is 3. The van der Waals surface area contributed by atoms with E-state index < -0.39 is 0 Å². The highest BCUT2D eigenvalue weighted by Gasteiger charge is 1.65. The van der Waals surface area contributed by atoms with Crippen LogP contribution in [-0.4, -0.2) is 0 Å². The summed E-state index contributed by atoms with van der Waals surface area (Å²) in [7, 11) is 0. The quantitative estimate of drug-likeness (QED) is 0.487. The molecule has 0 aliphatic carbocycles. The Morgan fingerprint density at radius 2 is 1.88 bits per heavy atom. The van der Waals surface area contributed by atoms with Crippen molar-refractivity contribution >= 4 is 0 Å². The molecule has 0 aliphatic heterocycles. The molecule has 0 nitrogen and oxygen atoms in total. The molecule has 44 valence electrons. The van der Waals surface area contributed by atoms with Crippen molar-refractivity contribution in [3.8, 4) is 0 Å². The van der Waals surface area contributed by atoms with Gasteiger partial charge in [-0.15, -0.1) is 0 Å². The molecule has 0 aromatic carbocycles. The average Bonchev–Trinajstić information content (AvgIpc) is 1.81. The molecule has 0 bridgehead atoms. The molecule has 0 fully saturated rings. The zero-order valence-electron chi connectivity index (χ0n) is 5.14. The fourth-order valence-electron chi connectivity index (χ4n) is 0.389. The molecular formula is C8H12. The zero-order chi connectivity index (χ0) is 6.24. The normalized spacial score (nSPS) is 11.8. The standard InChI is InChI=1S/C8H12/c1-3-5-7-8-6-4-2/h3,5-6,8H,1-2,4,7H2. The van der Waals surface area contributed by atoms with Crippen molar-refractivity contribution in [1.29, 1.82) is 0 Å². The third-order valence-electron chi connectivity index (χ3n) is 0.772. The van der Waals surface area contributed by atoms with E-state index in [9.17, 15) is 0 Å². The fourth-order valence-corrected chi connectivity index (χ4v) is 0.389. The average molecular weight is 108 g/mol. The first kappa shape index (κ1) is 7.48. The van der Waals surface area contributed by atoms with E-state index in [-0.39, 0.29) is 0 Å². The summed E-state index contributed by atoms with van der Waals surface area (Å²) in [5.74, 6) is 0. The van der Waals surface area contributed by atoms with Crippen molar-refractivity contribution < 1.29 is 0 Å². The first-order valence-corrected chi connectivity index (χ1v) is 2.80. The summed E-state index contributed by atoms with van der Waals surface area (Å²) < 4.78 is 0. The van der Waals surface area contributed by atoms with Crippen molar-refractivity contribution in [2.24, 2.45) is 0 Å². The van der Waals surface area contributed by atoms with E-state index in [1.807, 2.05) is 12.2 Å². The van der Waals surface area contributed by atoms with E-state index in [2.05, 4.69) is 19.9 Å². The summed E-state index contributed by atoms with van der Waals surface area (Å²) in [5, 5.41) is 0. The maximum Gasteiger partial charge on any atom is -0.0169 e. The predicted molar refractivity (Wildman–Crippen MR) is 38.2 cm³/mol. The van der Waals surface area contributed by atoms with Crippen molar-refractivity contribution in [2.45, 2.75) is 12.8 Å². The molecule has 0 atom stereocenters. The van der Waals surface area contributed by atoms with Crippen LogP contribution in [0.4, 0.5) is 0 Å². The van der Waals surface area contributed by atoms with Gasteiger partial charge in [0.2, 0.25) is 0 Å². The zero-order valence-corrected chi connectivity index (χ0v) is 5.14. The van der Waals surface area contributed by atoms with Crippen LogP contribution < -0.4 is 0 Å². The highest BCUT2D eigenvalue weighted by atomic mass is 13.7. The van der Waals surface area contributed by atoms with Crippen LogP contribution in [0.5, 0.6) is 0 Å². The molecule has 0 aromatic rings. The third kappa shape index (κ3) is 5.48. The monoisotopic (exact) mass is 108 g/mol. The molecule has 0 saturated carbocycles. The van der Waals surface area contributed by atoms with Gasteiger partial charge in [0.05, 0.1) is 0 Å². The Kier molecular flexibility index (Phi) is 6.06. The van der Waals surface area contributed by atoms with Gasteiger partial charge < -0.3 is 0 Å². The van der Waals surface area contributed by atoms with E-state index in [0.29, 0.717) is 0 Å². The van der Waals surface area contributed by atoms with E-state index in [1.54, 1.807) is 6.08 Å². The molecule has 8 heavy (non-hydrogen) atoms. The molecule has 0 aromatic heterocycles. The lowest BCUT2D eigenvalue weighted by molar-refractivity contribution is 1.31. The Labute approximate surface area is 51.9 Å². The Morgan fingerprint density at radius 1 is 1.12 bits per heavy atom. The molecule has 2 radical (unpaired) electrons. The van der Waals surface area contributed by atoms with Crippen molar-refractivity contribution in [1.82, 2.24) is 0 Å². The molecule has 0 heterocycles. The largest absolute Gasteiger partial charge is 0.0882 e. The third-order valence-corrected chi connectivity index (χ3v) is 0.772. The van der Waals surface area contributed by atoms with Gasteiger partial charge in [0.25, 0.3) is 0 Å². The summed E-state index contributed by atoms with van der Waals surface area (Å²) in [6, 6.07) is 0. The number of hydrogen-bond acceptors (Lipinski definition) is 0. The molecular weight excluding hydrogens is 96.1 g/mol. The minimum atomic E-state index is 0.880. The smallest absolute Gasteiger partial charge is 0.0169 e. The second kappa shape index (κ2) is 6.48. The maximum absolute atomic E-state index is 3.66. The lowest BCUT2D eigenvalue weighted by atomic mass is 10.3. The van der Waals surface area contributed by atoms with Crippen LogP contribution in [0.15, 0.2) is 24.3 Å². The lowest BCUT2D eigenvalue weighted by Crippen LogP contribution is -1.56. The Balaban J connectivity index is 3.03. The second-order valence-corrected chi connectivity index (χ2v) is 1.47. The predicted octanol–water partition coefficient (Wildman–Crippen LogP) is 2.55. The highest BCUT2D eigenvalue weighted by molar-refractivity contribution is 4.93. The van der Waals surface area contributed by atoms with Crippen LogP contribution in [0, 0.1) is 13.8 Å². The van der Waals surface area contributed by atoms with E-state index >= 15 is 0 Å². The molecule has 0 spiro atoms. The van der Waals surface area contributed by atoms with Crippen LogP contribution in [0.3, 0.4) is 0 Å². The molecule has 0 rings (SSSR count). The van der Waals surface area contributed by atoms with E-state index in [4.69, 9.17) is 0 Å². The number of allylic oxidation sites excluding steroid dienone is 4. The van der Waals surface area contributed by atoms with Gasteiger partial charge in [0.1, 0.15) is 0 Å². The summed E-state index contributed by atoms with van der Waals surface area (Å²) in [5.41, 5.74) is 0. The summed E-state index contributed by atoms with van der Waals surface area (Å²) >= 11 is 0. The summed E-state index contributed by atoms with van der Waals surface area (Å²) in [6.07, 6.45) is 9.79. The molecule has 0 amide bonds. The van der Waals surface area contributed by atoms with Gasteiger partial charge in [-0.2, -0.15) is 0 Å². The lowest BCUT2D eigenvalue weighted by Gasteiger charge is -1.77. The molecule has 0 N–H and O–H groups in total. The minimum Gasteiger partial charge on any atom is -0.0882 e. The van der Waals surface area contributed by atoms with Crippen molar-refractivity contribution in [3.05, 3.63) is 38.2 Å². The maximum atomic E-state index is 3.66. The van der Waals surface area contributed by atoms with E-state index in [1.165, 1.54) is 0 Å². The second-order valence-electron chi connectivity index (χ2n) is 1.47. The molecule has 0 saturated heterocycles. The van der Waals surface area contributed by atoms with Crippen molar-refractivity contribution in [3.63, 3.8) is 0 Å². The van der Waals surface area contributed by atoms with Gasteiger partial charge in [-0.3, -0.25) is 0 Å². The summed E-state index contributed by atoms with van der Waals surface area (Å²) in [6.45, 7) is 7.21. The molecule has 0 heteroatoms. The Morgan fingerprint density at radius 3 is 2.38 bits per heavy atom. The first-order valence-electron chi connectivity index (χ1n) is 2.80. The van der Waals surface area contributed by atoms with Gasteiger partial charge in [0, 0.05) is 0 Å². The number of hydrogen-bond donors (Lipinski definition) is 0. The van der Waals surface area contributed by atoms with E-state index in [0.717, 1.165) is 12.8 Å². The van der Waals surface area contributed by atoms with Gasteiger partial charge in [-0.25, -0.2) is 0 Å². The molecule has 0 unspecified atom stereocenters. The summed E-state index contributed by atoms with van der Waals surface area (Å²) in [4.78, 5) is 0.